The molecule has 17 heavy (non-hydrogen) atoms. The first-order valence-electron chi connectivity index (χ1n) is 5.44. The van der Waals surface area contributed by atoms with Crippen LogP contribution in [0.5, 0.6) is 0 Å². The van der Waals surface area contributed by atoms with Crippen molar-refractivity contribution < 1.29 is 9.18 Å². The molecule has 0 bridgehead atoms. The van der Waals surface area contributed by atoms with Crippen LogP contribution in [0.25, 0.3) is 0 Å². The van der Waals surface area contributed by atoms with Gasteiger partial charge in [-0.25, -0.2) is 9.18 Å². The van der Waals surface area contributed by atoms with E-state index in [1.807, 2.05) is 32.8 Å². The predicted octanol–water partition coefficient (Wildman–Crippen LogP) is 2.42. The standard InChI is InChI=1S/C12H18FN3O/c1-8(2)14-12(17)15-10-7-9(13)5-6-11(10)16(3)4/h5-8H,1-4H3,(H2,14,15,17). The lowest BCUT2D eigenvalue weighted by molar-refractivity contribution is 0.250. The number of nitrogens with zero attached hydrogens (tertiary/aromatic N) is 1. The number of amides is 2. The van der Waals surface area contributed by atoms with Crippen molar-refractivity contribution in [3.8, 4) is 0 Å². The first kappa shape index (κ1) is 13.3. The largest absolute Gasteiger partial charge is 0.376 e. The van der Waals surface area contributed by atoms with E-state index < -0.39 is 0 Å². The van der Waals surface area contributed by atoms with E-state index in [2.05, 4.69) is 10.6 Å². The average molecular weight is 239 g/mol. The molecule has 4 nitrogen and oxygen atoms in total. The second-order valence-corrected chi connectivity index (χ2v) is 4.31. The van der Waals surface area contributed by atoms with Crippen LogP contribution in [0.4, 0.5) is 20.6 Å². The van der Waals surface area contributed by atoms with Gasteiger partial charge in [-0.1, -0.05) is 0 Å². The summed E-state index contributed by atoms with van der Waals surface area (Å²) in [6.45, 7) is 3.72. The highest BCUT2D eigenvalue weighted by Crippen LogP contribution is 2.24. The third-order valence-corrected chi connectivity index (χ3v) is 2.11. The van der Waals surface area contributed by atoms with Crippen molar-refractivity contribution >= 4 is 17.4 Å². The number of carbonyl (C=O) groups excluding carboxylic acids is 1. The first-order valence-corrected chi connectivity index (χ1v) is 5.44. The van der Waals surface area contributed by atoms with Gasteiger partial charge in [0.05, 0.1) is 11.4 Å². The molecule has 1 rings (SSSR count). The zero-order chi connectivity index (χ0) is 13.0. The van der Waals surface area contributed by atoms with Crippen LogP contribution in [0.3, 0.4) is 0 Å². The van der Waals surface area contributed by atoms with Gasteiger partial charge in [-0.05, 0) is 32.0 Å². The smallest absolute Gasteiger partial charge is 0.319 e. The fourth-order valence-corrected chi connectivity index (χ4v) is 1.42. The molecule has 2 N–H and O–H groups in total. The quantitative estimate of drug-likeness (QED) is 0.850. The molecule has 1 aromatic carbocycles. The van der Waals surface area contributed by atoms with Gasteiger partial charge in [0, 0.05) is 20.1 Å². The molecule has 0 atom stereocenters. The Bertz CT molecular complexity index is 405. The van der Waals surface area contributed by atoms with Gasteiger partial charge in [-0.15, -0.1) is 0 Å². The van der Waals surface area contributed by atoms with Crippen LogP contribution < -0.4 is 15.5 Å². The molecule has 0 radical (unpaired) electrons. The van der Waals surface area contributed by atoms with Crippen LogP contribution >= 0.6 is 0 Å². The Morgan fingerprint density at radius 1 is 1.35 bits per heavy atom. The lowest BCUT2D eigenvalue weighted by Gasteiger charge is -2.18. The zero-order valence-electron chi connectivity index (χ0n) is 10.5. The maximum Gasteiger partial charge on any atom is 0.319 e. The average Bonchev–Trinajstić information content (AvgIpc) is 2.15. The number of benzene rings is 1. The SMILES string of the molecule is CC(C)NC(=O)Nc1cc(F)ccc1N(C)C. The summed E-state index contributed by atoms with van der Waals surface area (Å²) in [5, 5.41) is 5.32. The van der Waals surface area contributed by atoms with Crippen molar-refractivity contribution in [1.82, 2.24) is 5.32 Å². The molecule has 0 saturated heterocycles. The van der Waals surface area contributed by atoms with Gasteiger partial charge < -0.3 is 15.5 Å². The third kappa shape index (κ3) is 3.94. The number of carbonyl (C=O) groups is 1. The molecule has 0 aliphatic carbocycles. The summed E-state index contributed by atoms with van der Waals surface area (Å²) in [6.07, 6.45) is 0. The Balaban J connectivity index is 2.88. The van der Waals surface area contributed by atoms with Crippen molar-refractivity contribution in [2.45, 2.75) is 19.9 Å². The minimum absolute atomic E-state index is 0.0337. The Labute approximate surface area is 101 Å². The van der Waals surface area contributed by atoms with E-state index >= 15 is 0 Å². The van der Waals surface area contributed by atoms with Crippen molar-refractivity contribution in [1.29, 1.82) is 0 Å². The Morgan fingerprint density at radius 2 is 2.00 bits per heavy atom. The summed E-state index contributed by atoms with van der Waals surface area (Å²) in [4.78, 5) is 13.4. The lowest BCUT2D eigenvalue weighted by Crippen LogP contribution is -2.34. The molecule has 5 heteroatoms. The summed E-state index contributed by atoms with van der Waals surface area (Å²) >= 11 is 0. The van der Waals surface area contributed by atoms with Gasteiger partial charge in [0.2, 0.25) is 0 Å². The topological polar surface area (TPSA) is 44.4 Å². The van der Waals surface area contributed by atoms with Crippen LogP contribution in [0.2, 0.25) is 0 Å². The number of hydrogen-bond donors (Lipinski definition) is 2. The minimum Gasteiger partial charge on any atom is -0.376 e. The number of halogens is 1. The molecular weight excluding hydrogens is 221 g/mol. The fraction of sp³-hybridized carbons (Fsp3) is 0.417. The fourth-order valence-electron chi connectivity index (χ4n) is 1.42. The maximum atomic E-state index is 13.1. The molecule has 0 unspecified atom stereocenters. The molecule has 94 valence electrons. The van der Waals surface area contributed by atoms with Gasteiger partial charge in [-0.2, -0.15) is 0 Å². The van der Waals surface area contributed by atoms with Crippen LogP contribution in [0.15, 0.2) is 18.2 Å². The van der Waals surface area contributed by atoms with Gasteiger partial charge in [0.1, 0.15) is 5.82 Å². The van der Waals surface area contributed by atoms with E-state index in [4.69, 9.17) is 0 Å². The highest BCUT2D eigenvalue weighted by molar-refractivity contribution is 5.93. The molecule has 1 aromatic rings. The summed E-state index contributed by atoms with van der Waals surface area (Å²) in [6, 6.07) is 3.98. The Hall–Kier alpha value is -1.78. The first-order chi connectivity index (χ1) is 7.90. The Morgan fingerprint density at radius 3 is 2.53 bits per heavy atom. The van der Waals surface area contributed by atoms with Crippen LogP contribution in [-0.2, 0) is 0 Å². The lowest BCUT2D eigenvalue weighted by atomic mass is 10.2. The molecule has 0 fully saturated rings. The third-order valence-electron chi connectivity index (χ3n) is 2.11. The molecule has 0 spiro atoms. The maximum absolute atomic E-state index is 13.1. The second-order valence-electron chi connectivity index (χ2n) is 4.31. The Kier molecular flexibility index (Phi) is 4.31. The van der Waals surface area contributed by atoms with Crippen LogP contribution in [0, 0.1) is 5.82 Å². The number of urea groups is 1. The highest BCUT2D eigenvalue weighted by atomic mass is 19.1. The molecule has 0 aromatic heterocycles. The van der Waals surface area contributed by atoms with Gasteiger partial charge in [0.15, 0.2) is 0 Å². The monoisotopic (exact) mass is 239 g/mol. The van der Waals surface area contributed by atoms with Gasteiger partial charge in [0.25, 0.3) is 0 Å². The number of anilines is 2. The molecule has 0 heterocycles. The van der Waals surface area contributed by atoms with Crippen molar-refractivity contribution in [2.24, 2.45) is 0 Å². The van der Waals surface area contributed by atoms with E-state index in [1.54, 1.807) is 6.07 Å². The van der Waals surface area contributed by atoms with Crippen molar-refractivity contribution in [3.63, 3.8) is 0 Å². The molecule has 2 amide bonds. The number of rotatable bonds is 3. The minimum atomic E-state index is -0.379. The highest BCUT2D eigenvalue weighted by Gasteiger charge is 2.10. The van der Waals surface area contributed by atoms with Crippen LogP contribution in [0.1, 0.15) is 13.8 Å². The normalized spacial score (nSPS) is 10.2. The van der Waals surface area contributed by atoms with Gasteiger partial charge in [-0.3, -0.25) is 0 Å². The predicted molar refractivity (Wildman–Crippen MR) is 68.0 cm³/mol. The summed E-state index contributed by atoms with van der Waals surface area (Å²) < 4.78 is 13.1. The summed E-state index contributed by atoms with van der Waals surface area (Å²) in [7, 11) is 3.66. The van der Waals surface area contributed by atoms with Crippen molar-refractivity contribution in [2.75, 3.05) is 24.3 Å². The van der Waals surface area contributed by atoms with Gasteiger partial charge >= 0.3 is 6.03 Å². The number of hydrogen-bond acceptors (Lipinski definition) is 2. The van der Waals surface area contributed by atoms with E-state index in [9.17, 15) is 9.18 Å². The van der Waals surface area contributed by atoms with Crippen LogP contribution in [-0.4, -0.2) is 26.2 Å². The number of nitrogens with one attached hydrogen (secondary N) is 2. The molecule has 0 aliphatic rings. The van der Waals surface area contributed by atoms with Crippen molar-refractivity contribution in [3.05, 3.63) is 24.0 Å². The summed E-state index contributed by atoms with van der Waals surface area (Å²) in [5.74, 6) is -0.379. The van der Waals surface area contributed by atoms with E-state index in [0.717, 1.165) is 5.69 Å². The molecule has 0 aliphatic heterocycles. The molecular formula is C12H18FN3O. The van der Waals surface area contributed by atoms with E-state index in [0.29, 0.717) is 5.69 Å². The van der Waals surface area contributed by atoms with E-state index in [1.165, 1.54) is 12.1 Å². The molecule has 0 saturated carbocycles. The van der Waals surface area contributed by atoms with E-state index in [-0.39, 0.29) is 17.9 Å². The zero-order valence-corrected chi connectivity index (χ0v) is 10.5. The second kappa shape index (κ2) is 5.52. The summed E-state index contributed by atoms with van der Waals surface area (Å²) in [5.41, 5.74) is 1.21.